The Morgan fingerprint density at radius 1 is 1.50 bits per heavy atom. The third-order valence-corrected chi connectivity index (χ3v) is 3.02. The smallest absolute Gasteiger partial charge is 0.221 e. The number of amides is 1. The van der Waals surface area contributed by atoms with E-state index in [0.717, 1.165) is 10.2 Å². The van der Waals surface area contributed by atoms with Crippen molar-refractivity contribution in [2.45, 2.75) is 26.3 Å². The van der Waals surface area contributed by atoms with Crippen molar-refractivity contribution in [1.29, 1.82) is 0 Å². The number of carbonyl (C=O) groups excluding carboxylic acids is 1. The van der Waals surface area contributed by atoms with Gasteiger partial charge in [-0.2, -0.15) is 0 Å². The largest absolute Gasteiger partial charge is 0.397 e. The zero-order valence-corrected chi connectivity index (χ0v) is 12.6. The van der Waals surface area contributed by atoms with Crippen molar-refractivity contribution in [3.63, 3.8) is 0 Å². The van der Waals surface area contributed by atoms with Gasteiger partial charge >= 0.3 is 0 Å². The molecule has 0 saturated carbocycles. The van der Waals surface area contributed by atoms with E-state index in [9.17, 15) is 4.79 Å². The number of hydrogen-bond donors (Lipinski definition) is 2. The highest BCUT2D eigenvalue weighted by Gasteiger charge is 2.08. The van der Waals surface area contributed by atoms with E-state index >= 15 is 0 Å². The Bertz CT molecular complexity index is 421. The van der Waals surface area contributed by atoms with E-state index in [2.05, 4.69) is 21.2 Å². The number of nitrogen functional groups attached to an aromatic ring is 1. The average Bonchev–Trinajstić information content (AvgIpc) is 2.25. The second kappa shape index (κ2) is 6.64. The number of rotatable bonds is 5. The van der Waals surface area contributed by atoms with Gasteiger partial charge in [0.1, 0.15) is 0 Å². The summed E-state index contributed by atoms with van der Waals surface area (Å²) in [5, 5.41) is 2.87. The van der Waals surface area contributed by atoms with Crippen LogP contribution >= 0.6 is 15.9 Å². The van der Waals surface area contributed by atoms with E-state index in [1.807, 2.05) is 44.0 Å². The van der Waals surface area contributed by atoms with Crippen LogP contribution in [0.4, 0.5) is 11.4 Å². The van der Waals surface area contributed by atoms with Crippen molar-refractivity contribution in [3.8, 4) is 0 Å². The van der Waals surface area contributed by atoms with E-state index in [1.54, 1.807) is 0 Å². The minimum atomic E-state index is 0.0625. The van der Waals surface area contributed by atoms with Crippen LogP contribution in [0.5, 0.6) is 0 Å². The van der Waals surface area contributed by atoms with Gasteiger partial charge in [-0.1, -0.05) is 15.9 Å². The minimum absolute atomic E-state index is 0.0625. The zero-order chi connectivity index (χ0) is 13.7. The third kappa shape index (κ3) is 4.56. The molecule has 0 spiro atoms. The molecule has 0 radical (unpaired) electrons. The van der Waals surface area contributed by atoms with Gasteiger partial charge in [0.15, 0.2) is 0 Å². The van der Waals surface area contributed by atoms with Crippen LogP contribution in [0.1, 0.15) is 20.3 Å². The molecule has 0 atom stereocenters. The molecule has 3 N–H and O–H groups in total. The molecule has 0 saturated heterocycles. The predicted molar refractivity (Wildman–Crippen MR) is 79.7 cm³/mol. The molecule has 0 unspecified atom stereocenters. The highest BCUT2D eigenvalue weighted by Crippen LogP contribution is 2.25. The Kier molecular flexibility index (Phi) is 5.47. The highest BCUT2D eigenvalue weighted by atomic mass is 79.9. The minimum Gasteiger partial charge on any atom is -0.397 e. The molecular weight excluding hydrogens is 294 g/mol. The molecule has 1 aromatic rings. The molecule has 4 nitrogen and oxygen atoms in total. The summed E-state index contributed by atoms with van der Waals surface area (Å²) in [4.78, 5) is 13.5. The molecule has 0 bridgehead atoms. The van der Waals surface area contributed by atoms with Crippen molar-refractivity contribution >= 4 is 33.2 Å². The lowest BCUT2D eigenvalue weighted by Crippen LogP contribution is -2.33. The van der Waals surface area contributed by atoms with Crippen molar-refractivity contribution in [2.24, 2.45) is 0 Å². The SMILES string of the molecule is CC(C)NC(=O)CCN(C)c1ccc(Br)cc1N. The molecule has 1 aromatic carbocycles. The van der Waals surface area contributed by atoms with E-state index in [-0.39, 0.29) is 11.9 Å². The number of nitrogens with zero attached hydrogens (tertiary/aromatic N) is 1. The number of benzene rings is 1. The fraction of sp³-hybridized carbons (Fsp3) is 0.462. The summed E-state index contributed by atoms with van der Waals surface area (Å²) in [5.41, 5.74) is 7.58. The maximum Gasteiger partial charge on any atom is 0.221 e. The molecule has 0 aliphatic heterocycles. The van der Waals surface area contributed by atoms with Gasteiger partial charge in [-0.3, -0.25) is 4.79 Å². The summed E-state index contributed by atoms with van der Waals surface area (Å²) < 4.78 is 0.953. The standard InChI is InChI=1S/C13H20BrN3O/c1-9(2)16-13(18)6-7-17(3)12-5-4-10(14)8-11(12)15/h4-5,8-9H,6-7,15H2,1-3H3,(H,16,18). The lowest BCUT2D eigenvalue weighted by molar-refractivity contribution is -0.121. The first-order valence-electron chi connectivity index (χ1n) is 5.95. The molecular formula is C13H20BrN3O. The van der Waals surface area contributed by atoms with Gasteiger partial charge in [0.25, 0.3) is 0 Å². The van der Waals surface area contributed by atoms with E-state index in [0.29, 0.717) is 18.7 Å². The molecule has 0 heterocycles. The third-order valence-electron chi connectivity index (χ3n) is 2.52. The Morgan fingerprint density at radius 2 is 2.17 bits per heavy atom. The number of halogens is 1. The summed E-state index contributed by atoms with van der Waals surface area (Å²) in [5.74, 6) is 0.0625. The number of nitrogens with two attached hydrogens (primary N) is 1. The molecule has 5 heteroatoms. The lowest BCUT2D eigenvalue weighted by Gasteiger charge is -2.21. The van der Waals surface area contributed by atoms with Crippen LogP contribution in [-0.4, -0.2) is 25.5 Å². The highest BCUT2D eigenvalue weighted by molar-refractivity contribution is 9.10. The van der Waals surface area contributed by atoms with Crippen LogP contribution < -0.4 is 16.0 Å². The second-order valence-corrected chi connectivity index (χ2v) is 5.51. The normalized spacial score (nSPS) is 10.5. The first-order chi connectivity index (χ1) is 8.40. The molecule has 0 fully saturated rings. The fourth-order valence-electron chi connectivity index (χ4n) is 1.66. The van der Waals surface area contributed by atoms with E-state index < -0.39 is 0 Å². The first kappa shape index (κ1) is 14.8. The zero-order valence-electron chi connectivity index (χ0n) is 11.0. The van der Waals surface area contributed by atoms with Gasteiger partial charge in [-0.05, 0) is 32.0 Å². The summed E-state index contributed by atoms with van der Waals surface area (Å²) in [7, 11) is 1.93. The van der Waals surface area contributed by atoms with E-state index in [4.69, 9.17) is 5.73 Å². The van der Waals surface area contributed by atoms with Gasteiger partial charge in [0, 0.05) is 30.5 Å². The average molecular weight is 314 g/mol. The fourth-order valence-corrected chi connectivity index (χ4v) is 2.04. The molecule has 100 valence electrons. The Balaban J connectivity index is 2.55. The first-order valence-corrected chi connectivity index (χ1v) is 6.75. The second-order valence-electron chi connectivity index (χ2n) is 4.60. The van der Waals surface area contributed by atoms with Gasteiger partial charge in [-0.15, -0.1) is 0 Å². The van der Waals surface area contributed by atoms with Crippen LogP contribution in [0.25, 0.3) is 0 Å². The quantitative estimate of drug-likeness (QED) is 0.821. The summed E-state index contributed by atoms with van der Waals surface area (Å²) in [6, 6.07) is 5.93. The number of nitrogens with one attached hydrogen (secondary N) is 1. The van der Waals surface area contributed by atoms with Crippen LogP contribution in [0.3, 0.4) is 0 Å². The monoisotopic (exact) mass is 313 g/mol. The van der Waals surface area contributed by atoms with Crippen molar-refractivity contribution < 1.29 is 4.79 Å². The van der Waals surface area contributed by atoms with Gasteiger partial charge in [0.2, 0.25) is 5.91 Å². The van der Waals surface area contributed by atoms with Gasteiger partial charge in [0.05, 0.1) is 11.4 Å². The number of carbonyl (C=O) groups is 1. The van der Waals surface area contributed by atoms with Gasteiger partial charge < -0.3 is 16.0 Å². The molecule has 1 rings (SSSR count). The molecule has 18 heavy (non-hydrogen) atoms. The van der Waals surface area contributed by atoms with Crippen molar-refractivity contribution in [2.75, 3.05) is 24.2 Å². The number of hydrogen-bond acceptors (Lipinski definition) is 3. The molecule has 0 aliphatic rings. The Morgan fingerprint density at radius 3 is 2.72 bits per heavy atom. The molecule has 1 amide bonds. The summed E-state index contributed by atoms with van der Waals surface area (Å²) in [6.45, 7) is 4.55. The van der Waals surface area contributed by atoms with Crippen LogP contribution in [0.2, 0.25) is 0 Å². The number of anilines is 2. The van der Waals surface area contributed by atoms with Crippen molar-refractivity contribution in [1.82, 2.24) is 5.32 Å². The predicted octanol–water partition coefficient (Wildman–Crippen LogP) is 2.38. The maximum atomic E-state index is 11.6. The topological polar surface area (TPSA) is 58.4 Å². The Labute approximate surface area is 117 Å². The molecule has 0 aromatic heterocycles. The van der Waals surface area contributed by atoms with Crippen LogP contribution in [-0.2, 0) is 4.79 Å². The van der Waals surface area contributed by atoms with Crippen molar-refractivity contribution in [3.05, 3.63) is 22.7 Å². The lowest BCUT2D eigenvalue weighted by atomic mass is 10.2. The summed E-state index contributed by atoms with van der Waals surface area (Å²) in [6.07, 6.45) is 0.462. The summed E-state index contributed by atoms with van der Waals surface area (Å²) >= 11 is 3.37. The van der Waals surface area contributed by atoms with E-state index in [1.165, 1.54) is 0 Å². The maximum absolute atomic E-state index is 11.6. The Hall–Kier alpha value is -1.23. The van der Waals surface area contributed by atoms with Crippen LogP contribution in [0, 0.1) is 0 Å². The van der Waals surface area contributed by atoms with Gasteiger partial charge in [-0.25, -0.2) is 0 Å². The van der Waals surface area contributed by atoms with Crippen LogP contribution in [0.15, 0.2) is 22.7 Å². The molecule has 0 aliphatic carbocycles.